The second-order valence-electron chi connectivity index (χ2n) is 3.64. The molecule has 1 amide bonds. The maximum Gasteiger partial charge on any atom is 0.299 e. The van der Waals surface area contributed by atoms with Crippen molar-refractivity contribution < 1.29 is 14.0 Å². The number of Topliss-reactive ketones (excluding diaryl/α,β-unsaturated/α-hetero) is 1. The van der Waals surface area contributed by atoms with Gasteiger partial charge in [-0.15, -0.1) is 0 Å². The van der Waals surface area contributed by atoms with E-state index in [9.17, 15) is 14.0 Å². The van der Waals surface area contributed by atoms with Crippen molar-refractivity contribution in [2.45, 2.75) is 6.92 Å². The molecule has 1 aliphatic heterocycles. The molecular formula is C12H12FNO2S. The van der Waals surface area contributed by atoms with E-state index in [1.807, 2.05) is 6.92 Å². The molecule has 1 aliphatic rings. The number of hydrogen-bond acceptors (Lipinski definition) is 3. The third-order valence-corrected chi connectivity index (χ3v) is 3.48. The number of carbonyl (C=O) groups is 2. The minimum Gasteiger partial charge on any atom is -0.304 e. The number of benzene rings is 1. The maximum atomic E-state index is 13.0. The highest BCUT2D eigenvalue weighted by Crippen LogP contribution is 2.29. The maximum absolute atomic E-state index is 13.0. The van der Waals surface area contributed by atoms with Gasteiger partial charge in [0.1, 0.15) is 5.82 Å². The molecule has 3 nitrogen and oxygen atoms in total. The Kier molecular flexibility index (Phi) is 3.47. The number of ketones is 1. The standard InChI is InChI=1S/C12H12FNO2S/c1-2-17-6-5-14-10-4-3-8(13)7-9(10)11(15)12(14)16/h3-4,7H,2,5-6H2,1H3. The van der Waals surface area contributed by atoms with E-state index >= 15 is 0 Å². The van der Waals surface area contributed by atoms with Gasteiger partial charge in [-0.1, -0.05) is 6.92 Å². The fourth-order valence-electron chi connectivity index (χ4n) is 1.79. The van der Waals surface area contributed by atoms with Crippen LogP contribution < -0.4 is 4.90 Å². The first-order chi connectivity index (χ1) is 8.15. The van der Waals surface area contributed by atoms with E-state index in [0.717, 1.165) is 17.6 Å². The smallest absolute Gasteiger partial charge is 0.299 e. The third kappa shape index (κ3) is 2.20. The number of nitrogens with zero attached hydrogens (tertiary/aromatic N) is 1. The van der Waals surface area contributed by atoms with Gasteiger partial charge in [-0.05, 0) is 24.0 Å². The number of carbonyl (C=O) groups excluding carboxylic acids is 2. The molecule has 5 heteroatoms. The Balaban J connectivity index is 2.25. The first kappa shape index (κ1) is 12.1. The molecule has 2 rings (SSSR count). The average Bonchev–Trinajstić information content (AvgIpc) is 2.54. The van der Waals surface area contributed by atoms with Crippen LogP contribution in [0.15, 0.2) is 18.2 Å². The molecule has 17 heavy (non-hydrogen) atoms. The minimum absolute atomic E-state index is 0.177. The second kappa shape index (κ2) is 4.87. The summed E-state index contributed by atoms with van der Waals surface area (Å²) >= 11 is 1.70. The Hall–Kier alpha value is -1.36. The molecule has 0 saturated heterocycles. The van der Waals surface area contributed by atoms with Crippen molar-refractivity contribution in [3.63, 3.8) is 0 Å². The molecule has 0 saturated carbocycles. The van der Waals surface area contributed by atoms with Crippen LogP contribution in [0.25, 0.3) is 0 Å². The Morgan fingerprint density at radius 2 is 2.12 bits per heavy atom. The summed E-state index contributed by atoms with van der Waals surface area (Å²) in [5, 5.41) is 0. The van der Waals surface area contributed by atoms with E-state index in [4.69, 9.17) is 0 Å². The van der Waals surface area contributed by atoms with Gasteiger partial charge in [0.05, 0.1) is 11.3 Å². The molecule has 0 aromatic heterocycles. The summed E-state index contributed by atoms with van der Waals surface area (Å²) in [5.74, 6) is 0.0801. The Labute approximate surface area is 103 Å². The summed E-state index contributed by atoms with van der Waals surface area (Å²) in [6.07, 6.45) is 0. The van der Waals surface area contributed by atoms with E-state index in [1.165, 1.54) is 17.0 Å². The molecule has 1 aromatic rings. The zero-order valence-electron chi connectivity index (χ0n) is 9.40. The molecule has 0 N–H and O–H groups in total. The van der Waals surface area contributed by atoms with Crippen LogP contribution in [0.5, 0.6) is 0 Å². The predicted octanol–water partition coefficient (Wildman–Crippen LogP) is 2.11. The van der Waals surface area contributed by atoms with Crippen molar-refractivity contribution in [1.29, 1.82) is 0 Å². The van der Waals surface area contributed by atoms with Crippen LogP contribution in [0.2, 0.25) is 0 Å². The van der Waals surface area contributed by atoms with Crippen LogP contribution in [0, 0.1) is 5.82 Å². The van der Waals surface area contributed by atoms with E-state index in [1.54, 1.807) is 11.8 Å². The van der Waals surface area contributed by atoms with Crippen molar-refractivity contribution in [1.82, 2.24) is 0 Å². The van der Waals surface area contributed by atoms with Crippen molar-refractivity contribution in [2.75, 3.05) is 23.0 Å². The largest absolute Gasteiger partial charge is 0.304 e. The topological polar surface area (TPSA) is 37.4 Å². The number of rotatable bonds is 4. The number of amides is 1. The summed E-state index contributed by atoms with van der Waals surface area (Å²) in [7, 11) is 0. The highest BCUT2D eigenvalue weighted by molar-refractivity contribution is 7.99. The molecule has 0 unspecified atom stereocenters. The van der Waals surface area contributed by atoms with Gasteiger partial charge in [-0.3, -0.25) is 9.59 Å². The second-order valence-corrected chi connectivity index (χ2v) is 5.04. The van der Waals surface area contributed by atoms with E-state index < -0.39 is 17.5 Å². The van der Waals surface area contributed by atoms with Crippen LogP contribution in [-0.4, -0.2) is 29.7 Å². The van der Waals surface area contributed by atoms with Gasteiger partial charge in [0.15, 0.2) is 0 Å². The molecule has 0 radical (unpaired) electrons. The molecule has 0 bridgehead atoms. The first-order valence-electron chi connectivity index (χ1n) is 5.38. The third-order valence-electron chi connectivity index (χ3n) is 2.60. The molecule has 1 aromatic carbocycles. The molecule has 90 valence electrons. The van der Waals surface area contributed by atoms with Crippen molar-refractivity contribution in [3.8, 4) is 0 Å². The number of hydrogen-bond donors (Lipinski definition) is 0. The lowest BCUT2D eigenvalue weighted by molar-refractivity contribution is -0.114. The zero-order chi connectivity index (χ0) is 12.4. The van der Waals surface area contributed by atoms with Crippen LogP contribution in [0.4, 0.5) is 10.1 Å². The van der Waals surface area contributed by atoms with E-state index in [0.29, 0.717) is 12.2 Å². The minimum atomic E-state index is -0.610. The van der Waals surface area contributed by atoms with Gasteiger partial charge in [0.2, 0.25) is 0 Å². The summed E-state index contributed by atoms with van der Waals surface area (Å²) in [5.41, 5.74) is 0.703. The molecule has 0 spiro atoms. The van der Waals surface area contributed by atoms with Crippen LogP contribution in [0.1, 0.15) is 17.3 Å². The molecule has 0 fully saturated rings. The van der Waals surface area contributed by atoms with Crippen LogP contribution >= 0.6 is 11.8 Å². The lowest BCUT2D eigenvalue weighted by atomic mass is 10.1. The highest BCUT2D eigenvalue weighted by atomic mass is 32.2. The molecule has 1 heterocycles. The van der Waals surface area contributed by atoms with Crippen molar-refractivity contribution in [2.24, 2.45) is 0 Å². The van der Waals surface area contributed by atoms with Gasteiger partial charge in [-0.25, -0.2) is 4.39 Å². The van der Waals surface area contributed by atoms with Crippen molar-refractivity contribution in [3.05, 3.63) is 29.6 Å². The lowest BCUT2D eigenvalue weighted by Gasteiger charge is -2.15. The Morgan fingerprint density at radius 3 is 2.82 bits per heavy atom. The lowest BCUT2D eigenvalue weighted by Crippen LogP contribution is -2.31. The predicted molar refractivity (Wildman–Crippen MR) is 66.1 cm³/mol. The van der Waals surface area contributed by atoms with Gasteiger partial charge in [-0.2, -0.15) is 11.8 Å². The number of fused-ring (bicyclic) bond motifs is 1. The van der Waals surface area contributed by atoms with Crippen LogP contribution in [0.3, 0.4) is 0 Å². The van der Waals surface area contributed by atoms with E-state index in [-0.39, 0.29) is 5.56 Å². The fourth-order valence-corrected chi connectivity index (χ4v) is 2.40. The van der Waals surface area contributed by atoms with Gasteiger partial charge in [0, 0.05) is 12.3 Å². The molecule has 0 aliphatic carbocycles. The van der Waals surface area contributed by atoms with Gasteiger partial charge < -0.3 is 4.90 Å². The number of anilines is 1. The quantitative estimate of drug-likeness (QED) is 0.609. The normalized spacial score (nSPS) is 14.4. The zero-order valence-corrected chi connectivity index (χ0v) is 10.2. The van der Waals surface area contributed by atoms with Gasteiger partial charge >= 0.3 is 0 Å². The molecule has 0 atom stereocenters. The van der Waals surface area contributed by atoms with Crippen molar-refractivity contribution >= 4 is 29.1 Å². The summed E-state index contributed by atoms with van der Waals surface area (Å²) in [6, 6.07) is 3.89. The van der Waals surface area contributed by atoms with E-state index in [2.05, 4.69) is 0 Å². The summed E-state index contributed by atoms with van der Waals surface area (Å²) < 4.78 is 13.0. The monoisotopic (exact) mass is 253 g/mol. The van der Waals surface area contributed by atoms with Crippen LogP contribution in [-0.2, 0) is 4.79 Å². The average molecular weight is 253 g/mol. The Bertz CT molecular complexity index is 476. The Morgan fingerprint density at radius 1 is 1.35 bits per heavy atom. The summed E-state index contributed by atoms with van der Waals surface area (Å²) in [4.78, 5) is 24.8. The number of thioether (sulfide) groups is 1. The highest BCUT2D eigenvalue weighted by Gasteiger charge is 2.35. The number of halogens is 1. The fraction of sp³-hybridized carbons (Fsp3) is 0.333. The SMILES string of the molecule is CCSCCN1C(=O)C(=O)c2cc(F)ccc21. The summed E-state index contributed by atoms with van der Waals surface area (Å²) in [6.45, 7) is 2.52. The molecular weight excluding hydrogens is 241 g/mol. The first-order valence-corrected chi connectivity index (χ1v) is 6.54. The van der Waals surface area contributed by atoms with Gasteiger partial charge in [0.25, 0.3) is 11.7 Å².